The van der Waals surface area contributed by atoms with Gasteiger partial charge in [0.25, 0.3) is 5.56 Å². The fraction of sp³-hybridized carbons (Fsp3) is 0. The Labute approximate surface area is 163 Å². The molecule has 130 valence electrons. The summed E-state index contributed by atoms with van der Waals surface area (Å²) in [5.41, 5.74) is 3.91. The van der Waals surface area contributed by atoms with Crippen molar-refractivity contribution in [2.24, 2.45) is 0 Å². The molecule has 0 amide bonds. The van der Waals surface area contributed by atoms with Crippen molar-refractivity contribution in [1.29, 1.82) is 0 Å². The van der Waals surface area contributed by atoms with Crippen LogP contribution < -0.4 is 5.56 Å². The van der Waals surface area contributed by atoms with E-state index in [0.29, 0.717) is 11.3 Å². The molecule has 4 nitrogen and oxygen atoms in total. The molecule has 0 atom stereocenters. The average Bonchev–Trinajstić information content (AvgIpc) is 3.05. The molecule has 0 bridgehead atoms. The van der Waals surface area contributed by atoms with Crippen LogP contribution in [-0.4, -0.2) is 14.3 Å². The van der Waals surface area contributed by atoms with Gasteiger partial charge < -0.3 is 4.57 Å². The summed E-state index contributed by atoms with van der Waals surface area (Å²) < 4.78 is 4.48. The number of para-hydroxylation sites is 3. The Morgan fingerprint density at radius 1 is 0.815 bits per heavy atom. The summed E-state index contributed by atoms with van der Waals surface area (Å²) >= 11 is 3.62. The van der Waals surface area contributed by atoms with E-state index < -0.39 is 0 Å². The van der Waals surface area contributed by atoms with E-state index in [2.05, 4.69) is 21.0 Å². The first kappa shape index (κ1) is 16.0. The highest BCUT2D eigenvalue weighted by atomic mass is 79.9. The highest BCUT2D eigenvalue weighted by Gasteiger charge is 2.21. The van der Waals surface area contributed by atoms with Gasteiger partial charge in [0.15, 0.2) is 0 Å². The Balaban J connectivity index is 1.90. The number of benzene rings is 3. The van der Waals surface area contributed by atoms with Crippen LogP contribution in [0.4, 0.5) is 0 Å². The minimum absolute atomic E-state index is 0.122. The van der Waals surface area contributed by atoms with E-state index >= 15 is 0 Å². The third-order valence-corrected chi connectivity index (χ3v) is 5.34. The van der Waals surface area contributed by atoms with Crippen LogP contribution in [0.15, 0.2) is 94.3 Å². The number of hydrogen-bond acceptors (Lipinski definition) is 2. The molecule has 2 heterocycles. The number of pyridine rings is 1. The molecule has 0 aromatic heterocycles. The maximum atomic E-state index is 13.1. The smallest absolute Gasteiger partial charge is 0.282 e. The van der Waals surface area contributed by atoms with Crippen molar-refractivity contribution < 1.29 is 0 Å². The molecule has 0 saturated carbocycles. The zero-order chi connectivity index (χ0) is 18.4. The number of fused-ring (bicyclic) bond motifs is 3. The van der Waals surface area contributed by atoms with Gasteiger partial charge in [-0.05, 0) is 46.3 Å². The normalized spacial score (nSPS) is 11.3. The van der Waals surface area contributed by atoms with Gasteiger partial charge in [0.05, 0.1) is 22.5 Å². The third-order valence-electron chi connectivity index (χ3n) is 4.67. The SMILES string of the molecule is O=c1c2cn(-c3ccccc3Br)c3ccccc3c-2nn1-c1ccccc1. The first-order valence-electron chi connectivity index (χ1n) is 8.57. The molecule has 0 aliphatic carbocycles. The van der Waals surface area contributed by atoms with Crippen molar-refractivity contribution in [3.63, 3.8) is 0 Å². The third kappa shape index (κ3) is 2.51. The minimum Gasteiger partial charge on any atom is -0.314 e. The number of rotatable bonds is 2. The number of hydrogen-bond donors (Lipinski definition) is 0. The Hall–Kier alpha value is -3.18. The second-order valence-electron chi connectivity index (χ2n) is 6.28. The molecule has 5 rings (SSSR count). The molecule has 0 fully saturated rings. The molecule has 3 aromatic rings. The van der Waals surface area contributed by atoms with Crippen molar-refractivity contribution in [1.82, 2.24) is 14.3 Å². The lowest BCUT2D eigenvalue weighted by Crippen LogP contribution is -2.14. The van der Waals surface area contributed by atoms with Crippen molar-refractivity contribution in [3.05, 3.63) is 99.9 Å². The van der Waals surface area contributed by atoms with Gasteiger partial charge >= 0.3 is 0 Å². The van der Waals surface area contributed by atoms with E-state index in [0.717, 1.165) is 26.8 Å². The zero-order valence-corrected chi connectivity index (χ0v) is 15.8. The Morgan fingerprint density at radius 2 is 1.52 bits per heavy atom. The van der Waals surface area contributed by atoms with Gasteiger partial charge in [-0.3, -0.25) is 4.79 Å². The quantitative estimate of drug-likeness (QED) is 0.404. The highest BCUT2D eigenvalue weighted by Crippen LogP contribution is 2.32. The maximum absolute atomic E-state index is 13.1. The predicted molar refractivity (Wildman–Crippen MR) is 111 cm³/mol. The van der Waals surface area contributed by atoms with E-state index in [1.807, 2.05) is 89.6 Å². The lowest BCUT2D eigenvalue weighted by Gasteiger charge is -2.15. The largest absolute Gasteiger partial charge is 0.314 e. The number of nitrogens with zero attached hydrogens (tertiary/aromatic N) is 3. The molecule has 2 aliphatic rings. The monoisotopic (exact) mass is 415 g/mol. The molecule has 5 heteroatoms. The van der Waals surface area contributed by atoms with Gasteiger partial charge in [0, 0.05) is 16.1 Å². The van der Waals surface area contributed by atoms with Gasteiger partial charge in [0.1, 0.15) is 5.69 Å². The van der Waals surface area contributed by atoms with Crippen LogP contribution in [-0.2, 0) is 0 Å². The van der Waals surface area contributed by atoms with Crippen LogP contribution in [0.2, 0.25) is 0 Å². The van der Waals surface area contributed by atoms with Crippen LogP contribution in [0.25, 0.3) is 33.5 Å². The molecular weight excluding hydrogens is 402 g/mol. The summed E-state index contributed by atoms with van der Waals surface area (Å²) in [5, 5.41) is 5.59. The second kappa shape index (κ2) is 6.21. The fourth-order valence-electron chi connectivity index (χ4n) is 3.40. The Bertz CT molecular complexity index is 1300. The van der Waals surface area contributed by atoms with E-state index in [9.17, 15) is 4.79 Å². The molecule has 0 radical (unpaired) electrons. The van der Waals surface area contributed by atoms with Crippen LogP contribution in [0.3, 0.4) is 0 Å². The van der Waals surface area contributed by atoms with E-state index in [1.54, 1.807) is 0 Å². The van der Waals surface area contributed by atoms with Gasteiger partial charge in [0.2, 0.25) is 0 Å². The lowest BCUT2D eigenvalue weighted by atomic mass is 10.1. The fourth-order valence-corrected chi connectivity index (χ4v) is 3.88. The van der Waals surface area contributed by atoms with Crippen LogP contribution in [0.5, 0.6) is 0 Å². The summed E-state index contributed by atoms with van der Waals surface area (Å²) in [6.45, 7) is 0. The summed E-state index contributed by atoms with van der Waals surface area (Å²) in [6, 6.07) is 25.5. The average molecular weight is 416 g/mol. The van der Waals surface area contributed by atoms with Gasteiger partial charge in [-0.15, -0.1) is 0 Å². The summed E-state index contributed by atoms with van der Waals surface area (Å²) in [5.74, 6) is 0. The first-order valence-corrected chi connectivity index (χ1v) is 9.37. The number of aromatic nitrogens is 3. The molecule has 0 unspecified atom stereocenters. The zero-order valence-electron chi connectivity index (χ0n) is 14.2. The van der Waals surface area contributed by atoms with Crippen molar-refractivity contribution in [2.45, 2.75) is 0 Å². The molecule has 0 N–H and O–H groups in total. The minimum atomic E-state index is -0.122. The summed E-state index contributed by atoms with van der Waals surface area (Å²) in [4.78, 5) is 13.1. The first-order chi connectivity index (χ1) is 13.2. The standard InChI is InChI=1S/C22H14BrN3O/c23-18-11-5-7-13-20(18)25-14-17-21(16-10-4-6-12-19(16)25)24-26(22(17)27)15-8-2-1-3-9-15/h1-14H. The molecular formula is C22H14BrN3O. The van der Waals surface area contributed by atoms with Crippen LogP contribution in [0, 0.1) is 0 Å². The topological polar surface area (TPSA) is 39.8 Å². The van der Waals surface area contributed by atoms with Crippen molar-refractivity contribution in [2.75, 3.05) is 0 Å². The Kier molecular flexibility index (Phi) is 3.69. The number of halogens is 1. The van der Waals surface area contributed by atoms with Crippen molar-refractivity contribution in [3.8, 4) is 22.6 Å². The van der Waals surface area contributed by atoms with Crippen LogP contribution >= 0.6 is 15.9 Å². The molecule has 0 spiro atoms. The van der Waals surface area contributed by atoms with Gasteiger partial charge in [-0.1, -0.05) is 48.5 Å². The van der Waals surface area contributed by atoms with Gasteiger partial charge in [-0.25, -0.2) is 0 Å². The predicted octanol–water partition coefficient (Wildman–Crippen LogP) is 5.04. The second-order valence-corrected chi connectivity index (χ2v) is 7.14. The molecule has 27 heavy (non-hydrogen) atoms. The van der Waals surface area contributed by atoms with E-state index in [1.165, 1.54) is 4.68 Å². The summed E-state index contributed by atoms with van der Waals surface area (Å²) in [6.07, 6.45) is 1.88. The molecule has 2 aliphatic heterocycles. The highest BCUT2D eigenvalue weighted by molar-refractivity contribution is 9.10. The van der Waals surface area contributed by atoms with Crippen molar-refractivity contribution >= 4 is 26.8 Å². The molecule has 0 saturated heterocycles. The van der Waals surface area contributed by atoms with Gasteiger partial charge in [-0.2, -0.15) is 9.78 Å². The summed E-state index contributed by atoms with van der Waals surface area (Å²) in [7, 11) is 0. The van der Waals surface area contributed by atoms with E-state index in [-0.39, 0.29) is 5.56 Å². The van der Waals surface area contributed by atoms with Crippen LogP contribution in [0.1, 0.15) is 0 Å². The maximum Gasteiger partial charge on any atom is 0.282 e. The lowest BCUT2D eigenvalue weighted by molar-refractivity contribution is 0.859. The molecule has 3 aromatic carbocycles. The van der Waals surface area contributed by atoms with E-state index in [4.69, 9.17) is 0 Å². The Morgan fingerprint density at radius 3 is 2.33 bits per heavy atom.